The Morgan fingerprint density at radius 3 is 2.58 bits per heavy atom. The van der Waals surface area contributed by atoms with Crippen molar-refractivity contribution in [3.63, 3.8) is 0 Å². The van der Waals surface area contributed by atoms with E-state index in [2.05, 4.69) is 16.7 Å². The van der Waals surface area contributed by atoms with Gasteiger partial charge in [-0.25, -0.2) is 4.39 Å². The number of rotatable bonds is 4. The van der Waals surface area contributed by atoms with Gasteiger partial charge < -0.3 is 10.6 Å². The molecule has 1 aromatic carbocycles. The van der Waals surface area contributed by atoms with Gasteiger partial charge in [-0.2, -0.15) is 0 Å². The molecule has 1 aromatic rings. The van der Waals surface area contributed by atoms with E-state index in [4.69, 9.17) is 17.3 Å². The van der Waals surface area contributed by atoms with E-state index in [1.54, 1.807) is 12.1 Å². The molecule has 3 nitrogen and oxygen atoms in total. The molecule has 2 N–H and O–H groups in total. The highest BCUT2D eigenvalue weighted by Gasteiger charge is 2.25. The molecule has 1 aliphatic heterocycles. The molecule has 0 radical (unpaired) electrons. The van der Waals surface area contributed by atoms with Crippen LogP contribution in [0.25, 0.3) is 0 Å². The topological polar surface area (TPSA) is 32.5 Å². The van der Waals surface area contributed by atoms with E-state index >= 15 is 0 Å². The van der Waals surface area contributed by atoms with Crippen LogP contribution in [-0.2, 0) is 0 Å². The molecule has 0 spiro atoms. The Balaban J connectivity index is 2.14. The van der Waals surface area contributed by atoms with Gasteiger partial charge in [-0.3, -0.25) is 4.90 Å². The molecule has 1 aliphatic rings. The monoisotopic (exact) mass is 285 g/mol. The minimum absolute atomic E-state index is 0.0855. The van der Waals surface area contributed by atoms with Gasteiger partial charge in [-0.05, 0) is 24.7 Å². The lowest BCUT2D eigenvalue weighted by Crippen LogP contribution is -2.48. The SMILES string of the molecule is CCN1CCN(C(CN)c2cc(Cl)ccc2F)CC1. The number of halogens is 2. The Bertz CT molecular complexity index is 419. The van der Waals surface area contributed by atoms with Gasteiger partial charge in [-0.15, -0.1) is 0 Å². The van der Waals surface area contributed by atoms with Crippen molar-refractivity contribution in [2.45, 2.75) is 13.0 Å². The van der Waals surface area contributed by atoms with Crippen molar-refractivity contribution < 1.29 is 4.39 Å². The fraction of sp³-hybridized carbons (Fsp3) is 0.571. The van der Waals surface area contributed by atoms with Crippen LogP contribution >= 0.6 is 11.6 Å². The van der Waals surface area contributed by atoms with E-state index in [-0.39, 0.29) is 11.9 Å². The van der Waals surface area contributed by atoms with E-state index in [9.17, 15) is 4.39 Å². The Kier molecular flexibility index (Phi) is 5.16. The number of benzene rings is 1. The van der Waals surface area contributed by atoms with Crippen LogP contribution < -0.4 is 5.73 Å². The zero-order valence-corrected chi connectivity index (χ0v) is 12.0. The largest absolute Gasteiger partial charge is 0.329 e. The first-order valence-corrected chi connectivity index (χ1v) is 7.15. The Hall–Kier alpha value is -0.680. The van der Waals surface area contributed by atoms with Gasteiger partial charge in [0.25, 0.3) is 0 Å². The Labute approximate surface area is 119 Å². The first kappa shape index (κ1) is 14.7. The number of likely N-dealkylation sites (N-methyl/N-ethyl adjacent to an activating group) is 1. The molecule has 19 heavy (non-hydrogen) atoms. The lowest BCUT2D eigenvalue weighted by Gasteiger charge is -2.38. The summed E-state index contributed by atoms with van der Waals surface area (Å²) in [5, 5.41) is 0.557. The minimum Gasteiger partial charge on any atom is -0.329 e. The molecule has 0 saturated carbocycles. The van der Waals surface area contributed by atoms with Crippen molar-refractivity contribution in [1.29, 1.82) is 0 Å². The molecular weight excluding hydrogens is 265 g/mol. The standard InChI is InChI=1S/C14H21ClFN3/c1-2-18-5-7-19(8-6-18)14(10-17)12-9-11(15)3-4-13(12)16/h3-4,9,14H,2,5-8,10,17H2,1H3. The molecule has 0 aromatic heterocycles. The zero-order valence-electron chi connectivity index (χ0n) is 11.3. The third kappa shape index (κ3) is 3.45. The molecule has 5 heteroatoms. The Morgan fingerprint density at radius 2 is 2.00 bits per heavy atom. The fourth-order valence-corrected chi connectivity index (χ4v) is 2.81. The molecule has 0 aliphatic carbocycles. The van der Waals surface area contributed by atoms with Crippen LogP contribution in [0.4, 0.5) is 4.39 Å². The van der Waals surface area contributed by atoms with Crippen LogP contribution in [0.5, 0.6) is 0 Å². The van der Waals surface area contributed by atoms with Gasteiger partial charge in [0, 0.05) is 43.3 Å². The number of piperazine rings is 1. The first-order valence-electron chi connectivity index (χ1n) is 6.77. The highest BCUT2D eigenvalue weighted by Crippen LogP contribution is 2.26. The normalized spacial score (nSPS) is 19.6. The van der Waals surface area contributed by atoms with Crippen molar-refractivity contribution in [1.82, 2.24) is 9.80 Å². The van der Waals surface area contributed by atoms with Crippen molar-refractivity contribution in [3.8, 4) is 0 Å². The van der Waals surface area contributed by atoms with E-state index in [0.29, 0.717) is 17.1 Å². The van der Waals surface area contributed by atoms with Gasteiger partial charge in [0.05, 0.1) is 6.04 Å². The highest BCUT2D eigenvalue weighted by molar-refractivity contribution is 6.30. The first-order chi connectivity index (χ1) is 9.15. The van der Waals surface area contributed by atoms with Gasteiger partial charge in [0.1, 0.15) is 5.82 Å². The maximum absolute atomic E-state index is 14.0. The summed E-state index contributed by atoms with van der Waals surface area (Å²) < 4.78 is 14.0. The highest BCUT2D eigenvalue weighted by atomic mass is 35.5. The fourth-order valence-electron chi connectivity index (χ4n) is 2.63. The van der Waals surface area contributed by atoms with Crippen molar-refractivity contribution >= 4 is 11.6 Å². The Morgan fingerprint density at radius 1 is 1.32 bits per heavy atom. The van der Waals surface area contributed by atoms with Crippen LogP contribution in [0.1, 0.15) is 18.5 Å². The second-order valence-corrected chi connectivity index (χ2v) is 5.32. The summed E-state index contributed by atoms with van der Waals surface area (Å²) in [5.41, 5.74) is 6.47. The van der Waals surface area contributed by atoms with Gasteiger partial charge in [0.15, 0.2) is 0 Å². The maximum Gasteiger partial charge on any atom is 0.128 e. The summed E-state index contributed by atoms with van der Waals surface area (Å²) in [6, 6.07) is 4.60. The predicted octanol–water partition coefficient (Wildman–Crippen LogP) is 2.12. The molecule has 1 heterocycles. The zero-order chi connectivity index (χ0) is 13.8. The van der Waals surface area contributed by atoms with Crippen LogP contribution in [0, 0.1) is 5.82 Å². The molecule has 1 saturated heterocycles. The average Bonchev–Trinajstić information content (AvgIpc) is 2.44. The second-order valence-electron chi connectivity index (χ2n) is 4.89. The van der Waals surface area contributed by atoms with Gasteiger partial charge in [0.2, 0.25) is 0 Å². The van der Waals surface area contributed by atoms with Gasteiger partial charge >= 0.3 is 0 Å². The molecule has 0 bridgehead atoms. The molecule has 0 amide bonds. The smallest absolute Gasteiger partial charge is 0.128 e. The summed E-state index contributed by atoms with van der Waals surface area (Å²) >= 11 is 5.97. The van der Waals surface area contributed by atoms with E-state index in [1.165, 1.54) is 6.07 Å². The van der Waals surface area contributed by atoms with E-state index < -0.39 is 0 Å². The van der Waals surface area contributed by atoms with Crippen LogP contribution in [-0.4, -0.2) is 49.1 Å². The quantitative estimate of drug-likeness (QED) is 0.920. The summed E-state index contributed by atoms with van der Waals surface area (Å²) in [6.45, 7) is 7.48. The van der Waals surface area contributed by atoms with Crippen LogP contribution in [0.15, 0.2) is 18.2 Å². The molecule has 1 unspecified atom stereocenters. The van der Waals surface area contributed by atoms with E-state index in [1.807, 2.05) is 0 Å². The van der Waals surface area contributed by atoms with Crippen LogP contribution in [0.2, 0.25) is 5.02 Å². The second kappa shape index (κ2) is 6.66. The summed E-state index contributed by atoms with van der Waals surface area (Å²) in [7, 11) is 0. The molecule has 2 rings (SSSR count). The summed E-state index contributed by atoms with van der Waals surface area (Å²) in [6.07, 6.45) is 0. The third-order valence-corrected chi connectivity index (χ3v) is 4.07. The van der Waals surface area contributed by atoms with Gasteiger partial charge in [-0.1, -0.05) is 18.5 Å². The maximum atomic E-state index is 14.0. The van der Waals surface area contributed by atoms with Crippen molar-refractivity contribution in [3.05, 3.63) is 34.6 Å². The molecule has 106 valence electrons. The molecule has 1 fully saturated rings. The number of hydrogen-bond acceptors (Lipinski definition) is 3. The van der Waals surface area contributed by atoms with Crippen molar-refractivity contribution in [2.24, 2.45) is 5.73 Å². The average molecular weight is 286 g/mol. The molecular formula is C14H21ClFN3. The third-order valence-electron chi connectivity index (χ3n) is 3.84. The predicted molar refractivity (Wildman–Crippen MR) is 76.9 cm³/mol. The minimum atomic E-state index is -0.224. The lowest BCUT2D eigenvalue weighted by atomic mass is 10.0. The molecule has 1 atom stereocenters. The van der Waals surface area contributed by atoms with E-state index in [0.717, 1.165) is 32.7 Å². The number of nitrogens with two attached hydrogens (primary N) is 1. The number of hydrogen-bond donors (Lipinski definition) is 1. The van der Waals surface area contributed by atoms with Crippen molar-refractivity contribution in [2.75, 3.05) is 39.3 Å². The summed E-state index contributed by atoms with van der Waals surface area (Å²) in [5.74, 6) is -0.224. The number of nitrogens with zero attached hydrogens (tertiary/aromatic N) is 2. The van der Waals surface area contributed by atoms with Crippen LogP contribution in [0.3, 0.4) is 0 Å². The summed E-state index contributed by atoms with van der Waals surface area (Å²) in [4.78, 5) is 4.64. The lowest BCUT2D eigenvalue weighted by molar-refractivity contribution is 0.100.